The summed E-state index contributed by atoms with van der Waals surface area (Å²) in [7, 11) is -2.47. The fraction of sp³-hybridized carbons (Fsp3) is 0.179. The molecule has 0 saturated carbocycles. The molecule has 4 aromatic rings. The van der Waals surface area contributed by atoms with Gasteiger partial charge in [-0.3, -0.25) is 4.79 Å². The number of anilines is 1. The zero-order valence-corrected chi connectivity index (χ0v) is 23.4. The maximum atomic E-state index is 13.8. The molecular weight excluding hydrogens is 567 g/mol. The van der Waals surface area contributed by atoms with Crippen LogP contribution in [-0.2, 0) is 10.0 Å². The summed E-state index contributed by atoms with van der Waals surface area (Å²) in [5, 5.41) is 23.4. The number of thiazole rings is 1. The number of amides is 1. The third-order valence-corrected chi connectivity index (χ3v) is 8.74. The van der Waals surface area contributed by atoms with Crippen LogP contribution >= 0.6 is 11.3 Å². The van der Waals surface area contributed by atoms with Gasteiger partial charge in [0.2, 0.25) is 15.2 Å². The van der Waals surface area contributed by atoms with Crippen LogP contribution in [0.1, 0.15) is 28.8 Å². The molecule has 0 N–H and O–H groups in total. The van der Waals surface area contributed by atoms with Crippen LogP contribution in [0.15, 0.2) is 76.7 Å². The average Bonchev–Trinajstić information content (AvgIpc) is 3.40. The summed E-state index contributed by atoms with van der Waals surface area (Å²) in [5.74, 6) is -0.385. The minimum absolute atomic E-state index is 0.0333. The van der Waals surface area contributed by atoms with E-state index in [2.05, 4.69) is 10.1 Å². The van der Waals surface area contributed by atoms with Crippen molar-refractivity contribution < 1.29 is 22.3 Å². The molecule has 3 aromatic carbocycles. The number of sulfonamides is 1. The lowest BCUT2D eigenvalue weighted by Crippen LogP contribution is -2.33. The third-order valence-electron chi connectivity index (χ3n) is 5.84. The Labute approximate surface area is 240 Å². The number of hydrogen-bond donors (Lipinski definition) is 0. The summed E-state index contributed by atoms with van der Waals surface area (Å²) >= 11 is 1.08. The lowest BCUT2D eigenvalue weighted by atomic mass is 10.2. The number of ether oxygens (including phenoxy) is 1. The summed E-state index contributed by atoms with van der Waals surface area (Å²) < 4.78 is 46.9. The molecule has 0 aliphatic heterocycles. The first-order chi connectivity index (χ1) is 19.8. The van der Waals surface area contributed by atoms with Crippen molar-refractivity contribution in [3.63, 3.8) is 0 Å². The SMILES string of the molecule is COc1ccc(/C=N/N(C(=O)c2ccc(S(=O)(=O)N(CCC#N)CCC#N)cc2)c2nc3ccc(F)cc3s2)cc1. The smallest absolute Gasteiger partial charge is 0.280 e. The van der Waals surface area contributed by atoms with Gasteiger partial charge >= 0.3 is 0 Å². The van der Waals surface area contributed by atoms with Gasteiger partial charge in [0.25, 0.3) is 5.91 Å². The highest BCUT2D eigenvalue weighted by Crippen LogP contribution is 2.31. The first kappa shape index (κ1) is 29.3. The number of carbonyl (C=O) groups excluding carboxylic acids is 1. The van der Waals surface area contributed by atoms with Crippen LogP contribution in [0.25, 0.3) is 10.2 Å². The zero-order chi connectivity index (χ0) is 29.4. The normalized spacial score (nSPS) is 11.4. The van der Waals surface area contributed by atoms with E-state index in [1.54, 1.807) is 31.4 Å². The molecule has 0 aliphatic carbocycles. The number of rotatable bonds is 11. The van der Waals surface area contributed by atoms with Gasteiger partial charge in [-0.05, 0) is 72.3 Å². The van der Waals surface area contributed by atoms with Crippen LogP contribution in [0.2, 0.25) is 0 Å². The largest absolute Gasteiger partial charge is 0.497 e. The Morgan fingerprint density at radius 2 is 1.71 bits per heavy atom. The Kier molecular flexibility index (Phi) is 9.37. The zero-order valence-electron chi connectivity index (χ0n) is 21.8. The van der Waals surface area contributed by atoms with Gasteiger partial charge in [-0.15, -0.1) is 0 Å². The fourth-order valence-electron chi connectivity index (χ4n) is 3.72. The Morgan fingerprint density at radius 1 is 1.05 bits per heavy atom. The van der Waals surface area contributed by atoms with Crippen molar-refractivity contribution in [1.29, 1.82) is 10.5 Å². The molecule has 0 spiro atoms. The molecular formula is C28H23FN6O4S2. The number of carbonyl (C=O) groups is 1. The van der Waals surface area contributed by atoms with Crippen LogP contribution in [0.4, 0.5) is 9.52 Å². The molecule has 0 radical (unpaired) electrons. The molecule has 1 aromatic heterocycles. The lowest BCUT2D eigenvalue weighted by molar-refractivity contribution is 0.0987. The van der Waals surface area contributed by atoms with E-state index >= 15 is 0 Å². The van der Waals surface area contributed by atoms with Gasteiger partial charge < -0.3 is 4.74 Å². The van der Waals surface area contributed by atoms with Crippen molar-refractivity contribution in [3.05, 3.63) is 83.7 Å². The number of methoxy groups -OCH3 is 1. The highest BCUT2D eigenvalue weighted by molar-refractivity contribution is 7.89. The molecule has 41 heavy (non-hydrogen) atoms. The first-order valence-electron chi connectivity index (χ1n) is 12.2. The monoisotopic (exact) mass is 590 g/mol. The second kappa shape index (κ2) is 13.1. The van der Waals surface area contributed by atoms with Crippen molar-refractivity contribution in [1.82, 2.24) is 9.29 Å². The fourth-order valence-corrected chi connectivity index (χ4v) is 6.11. The van der Waals surface area contributed by atoms with Gasteiger partial charge in [0.05, 0.1) is 40.6 Å². The molecule has 13 heteroatoms. The van der Waals surface area contributed by atoms with Gasteiger partial charge in [0.15, 0.2) is 0 Å². The molecule has 0 aliphatic rings. The Balaban J connectivity index is 1.67. The highest BCUT2D eigenvalue weighted by atomic mass is 32.2. The molecule has 208 valence electrons. The summed E-state index contributed by atoms with van der Waals surface area (Å²) in [6, 6.07) is 20.2. The minimum atomic E-state index is -4.01. The van der Waals surface area contributed by atoms with Gasteiger partial charge in [-0.25, -0.2) is 17.8 Å². The van der Waals surface area contributed by atoms with E-state index in [1.165, 1.54) is 48.7 Å². The number of hydrazone groups is 1. The maximum absolute atomic E-state index is 13.8. The molecule has 1 amide bonds. The Bertz CT molecular complexity index is 1740. The Morgan fingerprint density at radius 3 is 2.32 bits per heavy atom. The number of nitrogens with zero attached hydrogens (tertiary/aromatic N) is 6. The highest BCUT2D eigenvalue weighted by Gasteiger charge is 2.26. The molecule has 0 saturated heterocycles. The van der Waals surface area contributed by atoms with Crippen molar-refractivity contribution >= 4 is 48.8 Å². The van der Waals surface area contributed by atoms with E-state index in [0.717, 1.165) is 20.7 Å². The molecule has 0 fully saturated rings. The van der Waals surface area contributed by atoms with Crippen LogP contribution in [0, 0.1) is 28.5 Å². The molecule has 1 heterocycles. The van der Waals surface area contributed by atoms with Crippen molar-refractivity contribution in [2.24, 2.45) is 5.10 Å². The van der Waals surface area contributed by atoms with Gasteiger partial charge in [-0.1, -0.05) is 11.3 Å². The van der Waals surface area contributed by atoms with Crippen LogP contribution in [0.3, 0.4) is 0 Å². The minimum Gasteiger partial charge on any atom is -0.497 e. The molecule has 0 unspecified atom stereocenters. The quantitative estimate of drug-likeness (QED) is 0.178. The summed E-state index contributed by atoms with van der Waals surface area (Å²) in [5.41, 5.74) is 1.29. The maximum Gasteiger partial charge on any atom is 0.280 e. The molecule has 0 bridgehead atoms. The lowest BCUT2D eigenvalue weighted by Gasteiger charge is -2.20. The van der Waals surface area contributed by atoms with Crippen molar-refractivity contribution in [2.45, 2.75) is 17.7 Å². The van der Waals surface area contributed by atoms with Gasteiger partial charge in [0, 0.05) is 31.5 Å². The summed E-state index contributed by atoms with van der Waals surface area (Å²) in [4.78, 5) is 18.0. The van der Waals surface area contributed by atoms with Crippen LogP contribution < -0.4 is 9.75 Å². The molecule has 0 atom stereocenters. The van der Waals surface area contributed by atoms with E-state index < -0.39 is 21.7 Å². The third kappa shape index (κ3) is 6.91. The number of hydrogen-bond acceptors (Lipinski definition) is 9. The number of fused-ring (bicyclic) bond motifs is 1. The first-order valence-corrected chi connectivity index (χ1v) is 14.4. The van der Waals surface area contributed by atoms with Gasteiger partial charge in [-0.2, -0.15) is 24.9 Å². The van der Waals surface area contributed by atoms with Crippen molar-refractivity contribution in [2.75, 3.05) is 25.2 Å². The second-order valence-corrected chi connectivity index (χ2v) is 11.4. The number of aromatic nitrogens is 1. The summed E-state index contributed by atoms with van der Waals surface area (Å²) in [6.07, 6.45) is 1.40. The number of benzene rings is 3. The predicted molar refractivity (Wildman–Crippen MR) is 153 cm³/mol. The van der Waals surface area contributed by atoms with E-state index in [1.807, 2.05) is 12.1 Å². The van der Waals surface area contributed by atoms with Crippen LogP contribution in [0.5, 0.6) is 5.75 Å². The van der Waals surface area contributed by atoms with Crippen molar-refractivity contribution in [3.8, 4) is 17.9 Å². The Hall–Kier alpha value is -4.69. The standard InChI is InChI=1S/C28H23FN6O4S2/c1-39-23-9-4-20(5-10-23)19-32-35(28-33-25-13-8-22(29)18-26(25)40-28)27(36)21-6-11-24(12-7-21)41(37,38)34(16-2-14-30)17-3-15-31/h4-13,18-19H,2-3,16-17H2,1H3/b32-19+. The van der Waals surface area contributed by atoms with E-state index in [9.17, 15) is 17.6 Å². The van der Waals surface area contributed by atoms with Gasteiger partial charge in [0.1, 0.15) is 11.6 Å². The number of halogens is 1. The van der Waals surface area contributed by atoms with E-state index in [-0.39, 0.29) is 41.5 Å². The van der Waals surface area contributed by atoms with E-state index in [4.69, 9.17) is 15.3 Å². The topological polar surface area (TPSA) is 140 Å². The molecule has 4 rings (SSSR count). The summed E-state index contributed by atoms with van der Waals surface area (Å²) in [6.45, 7) is -0.125. The van der Waals surface area contributed by atoms with Crippen LogP contribution in [-0.4, -0.2) is 50.0 Å². The predicted octanol–water partition coefficient (Wildman–Crippen LogP) is 4.94. The molecule has 10 nitrogen and oxygen atoms in total. The van der Waals surface area contributed by atoms with E-state index in [0.29, 0.717) is 21.5 Å². The average molecular weight is 591 g/mol. The number of nitriles is 2. The second-order valence-electron chi connectivity index (χ2n) is 8.49.